The molecule has 5 rings (SSSR count). The number of benzene rings is 1. The van der Waals surface area contributed by atoms with Gasteiger partial charge in [-0.05, 0) is 86.4 Å². The highest BCUT2D eigenvalue weighted by Gasteiger charge is 2.19. The molecule has 4 heteroatoms. The third kappa shape index (κ3) is 4.26. The summed E-state index contributed by atoms with van der Waals surface area (Å²) in [6, 6.07) is 18.7. The van der Waals surface area contributed by atoms with Gasteiger partial charge in [0.15, 0.2) is 0 Å². The molecule has 2 aliphatic rings. The van der Waals surface area contributed by atoms with E-state index in [1.54, 1.807) is 6.20 Å². The third-order valence-corrected chi connectivity index (χ3v) is 5.71. The maximum absolute atomic E-state index is 4.59. The highest BCUT2D eigenvalue weighted by molar-refractivity contribution is 5.75. The summed E-state index contributed by atoms with van der Waals surface area (Å²) in [5.41, 5.74) is 5.90. The minimum Gasteiger partial charge on any atom is -0.318 e. The Labute approximate surface area is 189 Å². The van der Waals surface area contributed by atoms with E-state index in [1.165, 1.54) is 17.1 Å². The Morgan fingerprint density at radius 2 is 1.31 bits per heavy atom. The van der Waals surface area contributed by atoms with Gasteiger partial charge in [0.05, 0.1) is 11.9 Å². The lowest BCUT2D eigenvalue weighted by Crippen LogP contribution is -2.23. The van der Waals surface area contributed by atoms with Crippen molar-refractivity contribution in [3.8, 4) is 0 Å². The number of pyridine rings is 2. The second-order valence-corrected chi connectivity index (χ2v) is 7.84. The van der Waals surface area contributed by atoms with Gasteiger partial charge in [0.1, 0.15) is 5.82 Å². The molecule has 2 heterocycles. The molecule has 4 nitrogen and oxygen atoms in total. The van der Waals surface area contributed by atoms with Crippen molar-refractivity contribution in [3.05, 3.63) is 121 Å². The Morgan fingerprint density at radius 3 is 1.84 bits per heavy atom. The SMILES string of the molecule is C1=CCCC(N(C2=CC=CCC2)c2ccc(N(c3cccnc3)c3ccccn3)cc2)=C1. The summed E-state index contributed by atoms with van der Waals surface area (Å²) in [4.78, 5) is 13.5. The lowest BCUT2D eigenvalue weighted by molar-refractivity contribution is 0.838. The molecule has 3 aromatic rings. The van der Waals surface area contributed by atoms with Crippen LogP contribution in [0, 0.1) is 0 Å². The van der Waals surface area contributed by atoms with Crippen LogP contribution in [0.4, 0.5) is 22.9 Å². The topological polar surface area (TPSA) is 32.3 Å². The first-order valence-electron chi connectivity index (χ1n) is 11.1. The van der Waals surface area contributed by atoms with Crippen molar-refractivity contribution in [2.75, 3.05) is 9.80 Å². The van der Waals surface area contributed by atoms with Crippen LogP contribution in [0.3, 0.4) is 0 Å². The van der Waals surface area contributed by atoms with E-state index >= 15 is 0 Å². The van der Waals surface area contributed by atoms with Crippen molar-refractivity contribution >= 4 is 22.9 Å². The number of allylic oxidation sites excluding steroid dienone is 8. The van der Waals surface area contributed by atoms with Gasteiger partial charge in [-0.2, -0.15) is 0 Å². The zero-order valence-electron chi connectivity index (χ0n) is 18.0. The highest BCUT2D eigenvalue weighted by atomic mass is 15.2. The molecule has 0 radical (unpaired) electrons. The van der Waals surface area contributed by atoms with Gasteiger partial charge in [0, 0.05) is 35.2 Å². The molecule has 0 saturated carbocycles. The lowest BCUT2D eigenvalue weighted by atomic mass is 10.0. The number of anilines is 4. The summed E-state index contributed by atoms with van der Waals surface area (Å²) in [5.74, 6) is 0.866. The fraction of sp³-hybridized carbons (Fsp3) is 0.143. The molecule has 0 fully saturated rings. The van der Waals surface area contributed by atoms with Crippen LogP contribution >= 0.6 is 0 Å². The second kappa shape index (κ2) is 9.48. The van der Waals surface area contributed by atoms with E-state index in [0.717, 1.165) is 42.9 Å². The Kier molecular flexibility index (Phi) is 5.93. The molecule has 158 valence electrons. The van der Waals surface area contributed by atoms with Gasteiger partial charge in [0.2, 0.25) is 0 Å². The summed E-state index contributed by atoms with van der Waals surface area (Å²) in [7, 11) is 0. The Balaban J connectivity index is 1.53. The fourth-order valence-corrected chi connectivity index (χ4v) is 4.20. The van der Waals surface area contributed by atoms with Gasteiger partial charge >= 0.3 is 0 Å². The van der Waals surface area contributed by atoms with E-state index in [9.17, 15) is 0 Å². The standard InChI is InChI=1S/C28H26N4/c1-3-10-23(11-4-1)31(24-12-5-2-6-13-24)25-16-18-26(19-17-25)32(27-14-9-20-29-22-27)28-15-7-8-21-30-28/h1-3,5,7-10,12,14-22H,4,6,11,13H2. The minimum absolute atomic E-state index is 0.866. The molecule has 0 N–H and O–H groups in total. The summed E-state index contributed by atoms with van der Waals surface area (Å²) >= 11 is 0. The van der Waals surface area contributed by atoms with E-state index in [2.05, 4.69) is 86.6 Å². The van der Waals surface area contributed by atoms with Crippen molar-refractivity contribution in [1.82, 2.24) is 9.97 Å². The van der Waals surface area contributed by atoms with Crippen molar-refractivity contribution in [1.29, 1.82) is 0 Å². The van der Waals surface area contributed by atoms with E-state index in [1.807, 2.05) is 36.7 Å². The number of aromatic nitrogens is 2. The van der Waals surface area contributed by atoms with Gasteiger partial charge < -0.3 is 4.90 Å². The summed E-state index contributed by atoms with van der Waals surface area (Å²) in [6.07, 6.45) is 23.0. The van der Waals surface area contributed by atoms with Gasteiger partial charge in [-0.3, -0.25) is 9.88 Å². The Bertz CT molecular complexity index is 1090. The van der Waals surface area contributed by atoms with Crippen molar-refractivity contribution < 1.29 is 0 Å². The van der Waals surface area contributed by atoms with Crippen molar-refractivity contribution in [2.45, 2.75) is 25.7 Å². The molecule has 0 spiro atoms. The van der Waals surface area contributed by atoms with Crippen LogP contribution in [0.1, 0.15) is 25.7 Å². The second-order valence-electron chi connectivity index (χ2n) is 7.84. The van der Waals surface area contributed by atoms with Gasteiger partial charge in [0.25, 0.3) is 0 Å². The summed E-state index contributed by atoms with van der Waals surface area (Å²) < 4.78 is 0. The van der Waals surface area contributed by atoms with Crippen LogP contribution < -0.4 is 9.80 Å². The van der Waals surface area contributed by atoms with Crippen LogP contribution in [-0.2, 0) is 0 Å². The maximum atomic E-state index is 4.59. The Hall–Kier alpha value is -3.92. The largest absolute Gasteiger partial charge is 0.318 e. The maximum Gasteiger partial charge on any atom is 0.137 e. The number of rotatable bonds is 6. The van der Waals surface area contributed by atoms with Crippen molar-refractivity contribution in [3.63, 3.8) is 0 Å². The van der Waals surface area contributed by atoms with Crippen LogP contribution in [0.2, 0.25) is 0 Å². The van der Waals surface area contributed by atoms with Crippen LogP contribution in [-0.4, -0.2) is 9.97 Å². The molecule has 2 aromatic heterocycles. The predicted molar refractivity (Wildman–Crippen MR) is 132 cm³/mol. The molecule has 0 unspecified atom stereocenters. The number of hydrogen-bond donors (Lipinski definition) is 0. The zero-order chi connectivity index (χ0) is 21.6. The fourth-order valence-electron chi connectivity index (χ4n) is 4.20. The van der Waals surface area contributed by atoms with E-state index in [0.29, 0.717) is 0 Å². The monoisotopic (exact) mass is 418 g/mol. The Morgan fingerprint density at radius 1 is 0.625 bits per heavy atom. The molecule has 0 aliphatic heterocycles. The molecular weight excluding hydrogens is 392 g/mol. The first-order chi connectivity index (χ1) is 15.9. The van der Waals surface area contributed by atoms with E-state index in [4.69, 9.17) is 0 Å². The molecule has 32 heavy (non-hydrogen) atoms. The summed E-state index contributed by atoms with van der Waals surface area (Å²) in [6.45, 7) is 0. The summed E-state index contributed by atoms with van der Waals surface area (Å²) in [5, 5.41) is 0. The number of hydrogen-bond acceptors (Lipinski definition) is 4. The van der Waals surface area contributed by atoms with Gasteiger partial charge in [-0.1, -0.05) is 30.4 Å². The van der Waals surface area contributed by atoms with Crippen LogP contribution in [0.25, 0.3) is 0 Å². The minimum atomic E-state index is 0.866. The molecule has 0 atom stereocenters. The normalized spacial score (nSPS) is 15.1. The zero-order valence-corrected chi connectivity index (χ0v) is 18.0. The molecule has 2 aliphatic carbocycles. The van der Waals surface area contributed by atoms with Gasteiger partial charge in [-0.15, -0.1) is 0 Å². The number of nitrogens with zero attached hydrogens (tertiary/aromatic N) is 4. The first kappa shape index (κ1) is 20.0. The first-order valence-corrected chi connectivity index (χ1v) is 11.1. The third-order valence-electron chi connectivity index (χ3n) is 5.71. The quantitative estimate of drug-likeness (QED) is 0.423. The molecule has 0 amide bonds. The molecule has 0 saturated heterocycles. The molecule has 1 aromatic carbocycles. The van der Waals surface area contributed by atoms with Crippen LogP contribution in [0.15, 0.2) is 121 Å². The average molecular weight is 419 g/mol. The smallest absolute Gasteiger partial charge is 0.137 e. The van der Waals surface area contributed by atoms with E-state index < -0.39 is 0 Å². The average Bonchev–Trinajstić information content (AvgIpc) is 2.88. The highest BCUT2D eigenvalue weighted by Crippen LogP contribution is 2.36. The lowest BCUT2D eigenvalue weighted by Gasteiger charge is -2.32. The van der Waals surface area contributed by atoms with Crippen LogP contribution in [0.5, 0.6) is 0 Å². The predicted octanol–water partition coefficient (Wildman–Crippen LogP) is 7.22. The van der Waals surface area contributed by atoms with E-state index in [-0.39, 0.29) is 0 Å². The van der Waals surface area contributed by atoms with Gasteiger partial charge in [-0.25, -0.2) is 4.98 Å². The molecule has 0 bridgehead atoms. The molecular formula is C28H26N4. The van der Waals surface area contributed by atoms with Crippen molar-refractivity contribution in [2.24, 2.45) is 0 Å².